The summed E-state index contributed by atoms with van der Waals surface area (Å²) in [4.78, 5) is 11.8. The van der Waals surface area contributed by atoms with Crippen molar-refractivity contribution in [1.82, 2.24) is 0 Å². The van der Waals surface area contributed by atoms with Gasteiger partial charge in [-0.05, 0) is 31.6 Å². The number of methoxy groups -OCH3 is 1. The normalized spacial score (nSPS) is 12.5. The molecule has 2 atom stereocenters. The minimum absolute atomic E-state index is 0.133. The molecule has 0 spiro atoms. The summed E-state index contributed by atoms with van der Waals surface area (Å²) < 4.78 is 5.54. The lowest BCUT2D eigenvalue weighted by atomic mass is 10.1. The van der Waals surface area contributed by atoms with Crippen LogP contribution in [0, 0.1) is 6.92 Å². The monoisotopic (exact) mass is 314 g/mol. The Balaban J connectivity index is 2.38. The Hall–Kier alpha value is -1.66. The number of carbonyl (C=O) groups excluding carboxylic acids is 1. The van der Waals surface area contributed by atoms with Gasteiger partial charge in [0.15, 0.2) is 5.78 Å². The molecule has 0 bridgehead atoms. The SMILES string of the molecule is CCC(Pc1ccccc1C(C)=O)c1cc(C)ccc1OC. The minimum Gasteiger partial charge on any atom is -0.496 e. The topological polar surface area (TPSA) is 26.3 Å². The van der Waals surface area contributed by atoms with Gasteiger partial charge in [0.05, 0.1) is 7.11 Å². The molecule has 0 saturated heterocycles. The van der Waals surface area contributed by atoms with E-state index in [2.05, 4.69) is 32.0 Å². The van der Waals surface area contributed by atoms with E-state index >= 15 is 0 Å². The van der Waals surface area contributed by atoms with Crippen LogP contribution in [-0.4, -0.2) is 12.9 Å². The highest BCUT2D eigenvalue weighted by Gasteiger charge is 2.17. The van der Waals surface area contributed by atoms with Crippen molar-refractivity contribution in [3.63, 3.8) is 0 Å². The highest BCUT2D eigenvalue weighted by Crippen LogP contribution is 2.42. The summed E-state index contributed by atoms with van der Waals surface area (Å²) in [5, 5.41) is 1.14. The summed E-state index contributed by atoms with van der Waals surface area (Å²) >= 11 is 0. The number of ketones is 1. The summed E-state index contributed by atoms with van der Waals surface area (Å²) in [6.45, 7) is 5.93. The second-order valence-electron chi connectivity index (χ2n) is 5.45. The molecule has 116 valence electrons. The van der Waals surface area contributed by atoms with Gasteiger partial charge in [0.2, 0.25) is 0 Å². The molecule has 0 amide bonds. The van der Waals surface area contributed by atoms with Crippen LogP contribution >= 0.6 is 8.58 Å². The average Bonchev–Trinajstić information content (AvgIpc) is 2.52. The van der Waals surface area contributed by atoms with Crippen LogP contribution in [0.3, 0.4) is 0 Å². The fraction of sp³-hybridized carbons (Fsp3) is 0.316. The Labute approximate surface area is 134 Å². The van der Waals surface area contributed by atoms with E-state index in [1.807, 2.05) is 24.3 Å². The van der Waals surface area contributed by atoms with Gasteiger partial charge in [-0.25, -0.2) is 0 Å². The maximum Gasteiger partial charge on any atom is 0.160 e. The molecule has 0 aromatic heterocycles. The van der Waals surface area contributed by atoms with E-state index < -0.39 is 0 Å². The number of rotatable bonds is 6. The van der Waals surface area contributed by atoms with Gasteiger partial charge in [-0.1, -0.05) is 57.5 Å². The molecule has 0 radical (unpaired) electrons. The first kappa shape index (κ1) is 16.7. The van der Waals surface area contributed by atoms with Gasteiger partial charge in [-0.15, -0.1) is 0 Å². The van der Waals surface area contributed by atoms with Crippen molar-refractivity contribution in [2.45, 2.75) is 32.9 Å². The number of aryl methyl sites for hydroxylation is 1. The van der Waals surface area contributed by atoms with Crippen LogP contribution < -0.4 is 10.0 Å². The van der Waals surface area contributed by atoms with Gasteiger partial charge < -0.3 is 4.74 Å². The number of ether oxygens (including phenoxy) is 1. The molecule has 0 aliphatic rings. The summed E-state index contributed by atoms with van der Waals surface area (Å²) in [7, 11) is 2.28. The van der Waals surface area contributed by atoms with E-state index in [1.54, 1.807) is 14.0 Å². The third-order valence-corrected chi connectivity index (χ3v) is 5.62. The largest absolute Gasteiger partial charge is 0.496 e. The molecule has 0 aliphatic heterocycles. The maximum absolute atomic E-state index is 11.8. The third kappa shape index (κ3) is 3.75. The van der Waals surface area contributed by atoms with Crippen LogP contribution in [0.2, 0.25) is 0 Å². The molecule has 0 fully saturated rings. The molecule has 2 nitrogen and oxygen atoms in total. The van der Waals surface area contributed by atoms with Gasteiger partial charge in [-0.2, -0.15) is 0 Å². The quantitative estimate of drug-likeness (QED) is 0.572. The molecule has 0 aliphatic carbocycles. The number of Topliss-reactive ketones (excluding diaryl/α,β-unsaturated/α-hetero) is 1. The lowest BCUT2D eigenvalue weighted by Crippen LogP contribution is -2.10. The van der Waals surface area contributed by atoms with Crippen molar-refractivity contribution in [2.75, 3.05) is 7.11 Å². The Morgan fingerprint density at radius 3 is 2.59 bits per heavy atom. The Kier molecular flexibility index (Phi) is 5.74. The molecule has 0 N–H and O–H groups in total. The first-order valence-electron chi connectivity index (χ1n) is 7.57. The molecule has 2 aromatic rings. The van der Waals surface area contributed by atoms with Crippen LogP contribution in [0.1, 0.15) is 47.4 Å². The standard InChI is InChI=1S/C19H23O2P/c1-5-18(16-12-13(2)10-11-17(16)21-4)22-19-9-7-6-8-15(19)14(3)20/h6-12,18,22H,5H2,1-4H3. The molecule has 2 rings (SSSR count). The summed E-state index contributed by atoms with van der Waals surface area (Å²) in [6, 6.07) is 14.2. The van der Waals surface area contributed by atoms with Crippen LogP contribution in [0.25, 0.3) is 0 Å². The third-order valence-electron chi connectivity index (χ3n) is 3.80. The zero-order valence-corrected chi connectivity index (χ0v) is 14.6. The second-order valence-corrected chi connectivity index (χ2v) is 6.98. The molecule has 0 heterocycles. The number of hydrogen-bond donors (Lipinski definition) is 0. The van der Waals surface area contributed by atoms with E-state index in [0.29, 0.717) is 14.2 Å². The fourth-order valence-electron chi connectivity index (χ4n) is 2.63. The molecule has 3 heteroatoms. The van der Waals surface area contributed by atoms with Crippen LogP contribution in [0.5, 0.6) is 5.75 Å². The van der Waals surface area contributed by atoms with Crippen molar-refractivity contribution < 1.29 is 9.53 Å². The summed E-state index contributed by atoms with van der Waals surface area (Å²) in [5.74, 6) is 1.07. The summed E-state index contributed by atoms with van der Waals surface area (Å²) in [6.07, 6.45) is 1.02. The molecular formula is C19H23O2P. The van der Waals surface area contributed by atoms with E-state index in [9.17, 15) is 4.79 Å². The predicted molar refractivity (Wildman–Crippen MR) is 95.2 cm³/mol. The number of carbonyl (C=O) groups is 1. The van der Waals surface area contributed by atoms with Gasteiger partial charge in [0, 0.05) is 16.8 Å². The lowest BCUT2D eigenvalue weighted by Gasteiger charge is -2.20. The Morgan fingerprint density at radius 1 is 1.23 bits per heavy atom. The van der Waals surface area contributed by atoms with Crippen molar-refractivity contribution in [3.8, 4) is 5.75 Å². The first-order valence-corrected chi connectivity index (χ1v) is 8.65. The zero-order chi connectivity index (χ0) is 16.1. The molecule has 2 aromatic carbocycles. The van der Waals surface area contributed by atoms with Crippen LogP contribution in [0.4, 0.5) is 0 Å². The fourth-order valence-corrected chi connectivity index (χ4v) is 4.20. The van der Waals surface area contributed by atoms with Crippen molar-refractivity contribution >= 4 is 19.7 Å². The molecule has 2 unspecified atom stereocenters. The molecular weight excluding hydrogens is 291 g/mol. The minimum atomic E-state index is 0.133. The van der Waals surface area contributed by atoms with Crippen LogP contribution in [-0.2, 0) is 0 Å². The maximum atomic E-state index is 11.8. The van der Waals surface area contributed by atoms with Gasteiger partial charge in [0.1, 0.15) is 5.75 Å². The molecule has 22 heavy (non-hydrogen) atoms. The van der Waals surface area contributed by atoms with E-state index in [-0.39, 0.29) is 5.78 Å². The van der Waals surface area contributed by atoms with Crippen molar-refractivity contribution in [2.24, 2.45) is 0 Å². The second kappa shape index (κ2) is 7.56. The smallest absolute Gasteiger partial charge is 0.160 e. The van der Waals surface area contributed by atoms with Crippen molar-refractivity contribution in [1.29, 1.82) is 0 Å². The van der Waals surface area contributed by atoms with Crippen molar-refractivity contribution in [3.05, 3.63) is 59.2 Å². The van der Waals surface area contributed by atoms with E-state index in [4.69, 9.17) is 4.74 Å². The average molecular weight is 314 g/mol. The highest BCUT2D eigenvalue weighted by molar-refractivity contribution is 7.47. The Bertz CT molecular complexity index is 664. The van der Waals surface area contributed by atoms with E-state index in [1.165, 1.54) is 11.1 Å². The lowest BCUT2D eigenvalue weighted by molar-refractivity contribution is 0.101. The predicted octanol–water partition coefficient (Wildman–Crippen LogP) is 4.66. The zero-order valence-electron chi connectivity index (χ0n) is 13.6. The number of hydrogen-bond acceptors (Lipinski definition) is 2. The van der Waals surface area contributed by atoms with Gasteiger partial charge in [-0.3, -0.25) is 4.79 Å². The van der Waals surface area contributed by atoms with Gasteiger partial charge in [0.25, 0.3) is 0 Å². The Morgan fingerprint density at radius 2 is 1.95 bits per heavy atom. The van der Waals surface area contributed by atoms with Crippen LogP contribution in [0.15, 0.2) is 42.5 Å². The summed E-state index contributed by atoms with van der Waals surface area (Å²) in [5.41, 5.74) is 3.68. The first-order chi connectivity index (χ1) is 10.6. The van der Waals surface area contributed by atoms with E-state index in [0.717, 1.165) is 23.0 Å². The highest BCUT2D eigenvalue weighted by atomic mass is 31.1. The number of benzene rings is 2. The molecule has 0 saturated carbocycles. The van der Waals surface area contributed by atoms with Gasteiger partial charge >= 0.3 is 0 Å².